The third-order valence-corrected chi connectivity index (χ3v) is 15.0. The van der Waals surface area contributed by atoms with Crippen LogP contribution >= 0.6 is 18.9 Å². The summed E-state index contributed by atoms with van der Waals surface area (Å²) in [5, 5.41) is 54.9. The highest BCUT2D eigenvalue weighted by molar-refractivity contribution is 7.92. The van der Waals surface area contributed by atoms with E-state index in [-0.39, 0.29) is 95.9 Å². The zero-order chi connectivity index (χ0) is 50.3. The number of nitrogens with zero attached hydrogens (tertiary/aromatic N) is 1. The molecule has 0 fully saturated rings. The zero-order valence-corrected chi connectivity index (χ0v) is 38.5. The summed E-state index contributed by atoms with van der Waals surface area (Å²) >= 11 is 0.603. The lowest BCUT2D eigenvalue weighted by Gasteiger charge is -2.28. The van der Waals surface area contributed by atoms with E-state index in [1.165, 1.54) is 24.3 Å². The summed E-state index contributed by atoms with van der Waals surface area (Å²) in [6.07, 6.45) is -6.20. The Kier molecular flexibility index (Phi) is 13.8. The molecule has 7 rings (SSSR count). The monoisotopic (exact) mass is 1010 g/mol. The van der Waals surface area contributed by atoms with Crippen LogP contribution in [0, 0.1) is 17.1 Å². The van der Waals surface area contributed by atoms with Crippen LogP contribution < -0.4 is 29.4 Å². The van der Waals surface area contributed by atoms with Crippen molar-refractivity contribution in [2.75, 3.05) is 19.4 Å². The molecule has 0 spiro atoms. The molecule has 1 aromatic heterocycles. The summed E-state index contributed by atoms with van der Waals surface area (Å²) in [7, 11) is -9.64. The second-order valence-electron chi connectivity index (χ2n) is 15.9. The molecule has 4 bridgehead atoms. The number of benzene rings is 4. The van der Waals surface area contributed by atoms with E-state index in [0.717, 1.165) is 18.2 Å². The second kappa shape index (κ2) is 19.3. The quantitative estimate of drug-likeness (QED) is 0.0640. The Hall–Kier alpha value is -7.42. The highest BCUT2D eigenvalue weighted by atomic mass is 32.2. The number of carboxylic acids is 4. The van der Waals surface area contributed by atoms with Gasteiger partial charge in [-0.15, -0.1) is 11.3 Å². The van der Waals surface area contributed by atoms with Gasteiger partial charge in [0.2, 0.25) is 0 Å². The minimum absolute atomic E-state index is 0.0329. The Morgan fingerprint density at radius 1 is 0.783 bits per heavy atom. The molecule has 5 aromatic rings. The van der Waals surface area contributed by atoms with Crippen LogP contribution in [-0.2, 0) is 59.4 Å². The molecule has 21 nitrogen and oxygen atoms in total. The first-order valence-corrected chi connectivity index (χ1v) is 24.4. The lowest BCUT2D eigenvalue weighted by atomic mass is 9.81. The Labute approximate surface area is 393 Å². The van der Waals surface area contributed by atoms with Gasteiger partial charge in [-0.25, -0.2) is 17.4 Å². The number of fused-ring (bicyclic) bond motifs is 5. The van der Waals surface area contributed by atoms with Crippen LogP contribution in [0.15, 0.2) is 52.7 Å². The average molecular weight is 1010 g/mol. The summed E-state index contributed by atoms with van der Waals surface area (Å²) in [6, 6.07) is 10.7. The Balaban J connectivity index is 1.52. The Morgan fingerprint density at radius 2 is 1.26 bits per heavy atom. The number of sulfonamides is 1. The molecule has 3 unspecified atom stereocenters. The fourth-order valence-electron chi connectivity index (χ4n) is 7.94. The average Bonchev–Trinajstić information content (AvgIpc) is 3.68. The number of nitriles is 1. The maximum Gasteiger partial charge on any atom is 0.391 e. The molecule has 8 N–H and O–H groups in total. The van der Waals surface area contributed by atoms with E-state index in [2.05, 4.69) is 10.6 Å². The van der Waals surface area contributed by atoms with E-state index in [9.17, 15) is 71.5 Å². The first-order chi connectivity index (χ1) is 32.4. The van der Waals surface area contributed by atoms with Gasteiger partial charge < -0.3 is 50.0 Å². The van der Waals surface area contributed by atoms with E-state index < -0.39 is 113 Å². The van der Waals surface area contributed by atoms with Crippen LogP contribution in [0.5, 0.6) is 17.2 Å². The molecular formula is C44H38FN4O17PS2. The molecule has 2 amide bonds. The molecule has 2 aliphatic rings. The van der Waals surface area contributed by atoms with E-state index in [4.69, 9.17) is 19.3 Å². The highest BCUT2D eigenvalue weighted by Crippen LogP contribution is 2.48. The lowest BCUT2D eigenvalue weighted by molar-refractivity contribution is -0.137. The SMILES string of the molecule is CC1CNC(=O)c2c(CC(=O)O)c(cc(-c3cc4cc(S(=O)(=O)NCP(=O)(O)Oc5ccc(C#N)c(F)c5)sc4cc3-c3cc4c(CC(=O)O)c(c3CC(=O)O)C(=O)NCC(C)O4)c2CC(=O)O)O1. The normalized spacial score (nSPS) is 16.4. The van der Waals surface area contributed by atoms with Crippen LogP contribution in [0.4, 0.5) is 4.39 Å². The molecule has 2 aliphatic heterocycles. The van der Waals surface area contributed by atoms with Crippen molar-refractivity contribution in [3.63, 3.8) is 0 Å². The number of hydrogen-bond donors (Lipinski definition) is 8. The number of carbonyl (C=O) groups is 6. The van der Waals surface area contributed by atoms with Gasteiger partial charge in [0.15, 0.2) is 0 Å². The Morgan fingerprint density at radius 3 is 1.72 bits per heavy atom. The van der Waals surface area contributed by atoms with Crippen molar-refractivity contribution >= 4 is 74.7 Å². The lowest BCUT2D eigenvalue weighted by Crippen LogP contribution is -2.37. The summed E-state index contributed by atoms with van der Waals surface area (Å²) in [6.45, 7) is 2.99. The number of carbonyl (C=O) groups excluding carboxylic acids is 2. The molecule has 69 heavy (non-hydrogen) atoms. The largest absolute Gasteiger partial charge is 0.489 e. The van der Waals surface area contributed by atoms with E-state index in [0.29, 0.717) is 17.4 Å². The van der Waals surface area contributed by atoms with Crippen LogP contribution in [0.1, 0.15) is 62.4 Å². The standard InChI is InChI=1S/C44H38FN4O17PS2/c1-19-16-47-43(58)41-28(11-36(50)51)25(8-33(64-19)30(41)13-38(54)55)24-5-22-6-40(69(62,63)49-18-67(60,61)66-23-4-3-21(15-46)32(45)7-23)68-35(22)10-27(24)26-9-34-31(14-39(56)57)42(29(26)12-37(52)53)44(59)48-17-20(2)65-34/h3-10,19-20,49H,11-14,16-18H2,1-2H3,(H,47,58)(H,48,59)(H,50,51)(H,52,53)(H,54,55)(H,56,57)(H,60,61). The molecule has 0 saturated heterocycles. The molecule has 360 valence electrons. The van der Waals surface area contributed by atoms with Gasteiger partial charge in [-0.3, -0.25) is 28.8 Å². The summed E-state index contributed by atoms with van der Waals surface area (Å²) in [5.74, 6) is -9.32. The third kappa shape index (κ3) is 10.7. The van der Waals surface area contributed by atoms with Gasteiger partial charge in [0, 0.05) is 21.9 Å². The molecule has 3 heterocycles. The molecule has 4 aromatic carbocycles. The number of thiophene rings is 1. The van der Waals surface area contributed by atoms with Gasteiger partial charge in [-0.1, -0.05) is 0 Å². The van der Waals surface area contributed by atoms with Crippen molar-refractivity contribution in [3.05, 3.63) is 93.3 Å². The number of rotatable bonds is 16. The molecule has 25 heteroatoms. The zero-order valence-electron chi connectivity index (χ0n) is 35.9. The van der Waals surface area contributed by atoms with Gasteiger partial charge in [-0.05, 0) is 95.1 Å². The van der Waals surface area contributed by atoms with Gasteiger partial charge in [0.25, 0.3) is 21.8 Å². The van der Waals surface area contributed by atoms with Gasteiger partial charge in [0.1, 0.15) is 51.8 Å². The first kappa shape index (κ1) is 49.5. The van der Waals surface area contributed by atoms with Crippen LogP contribution in [-0.4, -0.2) is 101 Å². The minimum atomic E-state index is -4.91. The van der Waals surface area contributed by atoms with Gasteiger partial charge >= 0.3 is 31.5 Å². The number of amides is 2. The van der Waals surface area contributed by atoms with Gasteiger partial charge in [0.05, 0.1) is 55.5 Å². The smallest absolute Gasteiger partial charge is 0.391 e. The van der Waals surface area contributed by atoms with Crippen molar-refractivity contribution in [1.82, 2.24) is 15.4 Å². The predicted octanol–water partition coefficient (Wildman–Crippen LogP) is 4.28. The number of halogens is 1. The Bertz CT molecular complexity index is 3110. The predicted molar refractivity (Wildman–Crippen MR) is 240 cm³/mol. The minimum Gasteiger partial charge on any atom is -0.489 e. The summed E-state index contributed by atoms with van der Waals surface area (Å²) in [4.78, 5) is 88.5. The van der Waals surface area contributed by atoms with Gasteiger partial charge in [-0.2, -0.15) is 9.98 Å². The van der Waals surface area contributed by atoms with Crippen LogP contribution in [0.3, 0.4) is 0 Å². The third-order valence-electron chi connectivity index (χ3n) is 10.8. The van der Waals surface area contributed by atoms with Crippen molar-refractivity contribution < 1.29 is 85.5 Å². The second-order valence-corrected chi connectivity index (χ2v) is 20.7. The summed E-state index contributed by atoms with van der Waals surface area (Å²) < 4.78 is 73.8. The van der Waals surface area contributed by atoms with Crippen LogP contribution in [0.2, 0.25) is 0 Å². The topological polar surface area (TPSA) is 342 Å². The molecule has 3 atom stereocenters. The van der Waals surface area contributed by atoms with Crippen molar-refractivity contribution in [1.29, 1.82) is 5.26 Å². The first-order valence-electron chi connectivity index (χ1n) is 20.4. The molecular weight excluding hydrogens is 971 g/mol. The fraction of sp³-hybridized carbons (Fsp3) is 0.250. The molecule has 0 saturated carbocycles. The number of nitrogens with one attached hydrogen (secondary N) is 3. The van der Waals surface area contributed by atoms with Crippen molar-refractivity contribution in [3.8, 4) is 45.6 Å². The van der Waals surface area contributed by atoms with Crippen molar-refractivity contribution in [2.45, 2.75) is 55.9 Å². The highest BCUT2D eigenvalue weighted by Gasteiger charge is 2.35. The van der Waals surface area contributed by atoms with Crippen molar-refractivity contribution in [2.24, 2.45) is 0 Å². The number of hydrogen-bond acceptors (Lipinski definition) is 14. The number of aliphatic carboxylic acids is 4. The molecule has 0 radical (unpaired) electrons. The number of carboxylic acid groups (broad SMARTS) is 4. The number of ether oxygens (including phenoxy) is 2. The maximum atomic E-state index is 14.2. The van der Waals surface area contributed by atoms with E-state index >= 15 is 0 Å². The van der Waals surface area contributed by atoms with E-state index in [1.54, 1.807) is 19.9 Å². The maximum absolute atomic E-state index is 14.2. The van der Waals surface area contributed by atoms with E-state index in [1.807, 2.05) is 4.72 Å². The molecule has 0 aliphatic carbocycles. The van der Waals surface area contributed by atoms with Crippen LogP contribution in [0.25, 0.3) is 32.3 Å². The fourth-order valence-corrected chi connectivity index (χ4v) is 11.9. The summed E-state index contributed by atoms with van der Waals surface area (Å²) in [5.41, 5.74) is -2.18.